The standard InChI is InChI=1S/C15H30N2S/c1-12(15-5-4-7-16-11-15)6-8-17-9-10-18-14(3)13(17)2/h12-16H,4-11H2,1-3H3. The minimum Gasteiger partial charge on any atom is -0.316 e. The first-order valence-electron chi connectivity index (χ1n) is 7.75. The first kappa shape index (κ1) is 14.7. The van der Waals surface area contributed by atoms with E-state index >= 15 is 0 Å². The Balaban J connectivity index is 1.72. The highest BCUT2D eigenvalue weighted by Gasteiger charge is 2.26. The van der Waals surface area contributed by atoms with Gasteiger partial charge in [0, 0.05) is 23.6 Å². The predicted molar refractivity (Wildman–Crippen MR) is 82.3 cm³/mol. The van der Waals surface area contributed by atoms with Crippen LogP contribution in [0.4, 0.5) is 0 Å². The summed E-state index contributed by atoms with van der Waals surface area (Å²) < 4.78 is 0. The number of hydrogen-bond donors (Lipinski definition) is 1. The fourth-order valence-electron chi connectivity index (χ4n) is 3.28. The molecule has 0 aromatic carbocycles. The van der Waals surface area contributed by atoms with Gasteiger partial charge in [0.05, 0.1) is 0 Å². The van der Waals surface area contributed by atoms with E-state index in [-0.39, 0.29) is 0 Å². The largest absolute Gasteiger partial charge is 0.316 e. The van der Waals surface area contributed by atoms with Crippen LogP contribution in [0.25, 0.3) is 0 Å². The lowest BCUT2D eigenvalue weighted by molar-refractivity contribution is 0.178. The van der Waals surface area contributed by atoms with Gasteiger partial charge in [0.25, 0.3) is 0 Å². The van der Waals surface area contributed by atoms with Crippen LogP contribution < -0.4 is 5.32 Å². The maximum atomic E-state index is 3.55. The minimum absolute atomic E-state index is 0.764. The number of rotatable bonds is 4. The van der Waals surface area contributed by atoms with Crippen molar-refractivity contribution in [2.75, 3.05) is 31.9 Å². The van der Waals surface area contributed by atoms with E-state index < -0.39 is 0 Å². The Morgan fingerprint density at radius 1 is 1.39 bits per heavy atom. The Bertz CT molecular complexity index is 241. The lowest BCUT2D eigenvalue weighted by atomic mass is 9.85. The van der Waals surface area contributed by atoms with E-state index in [1.54, 1.807) is 0 Å². The molecule has 106 valence electrons. The van der Waals surface area contributed by atoms with Crippen LogP contribution in [0.3, 0.4) is 0 Å². The van der Waals surface area contributed by atoms with E-state index in [4.69, 9.17) is 0 Å². The molecule has 0 bridgehead atoms. The maximum absolute atomic E-state index is 3.55. The molecular formula is C15H30N2S. The van der Waals surface area contributed by atoms with Crippen LogP contribution in [0.2, 0.25) is 0 Å². The molecule has 0 saturated carbocycles. The van der Waals surface area contributed by atoms with E-state index in [0.717, 1.165) is 23.1 Å². The summed E-state index contributed by atoms with van der Waals surface area (Å²) in [5.74, 6) is 3.13. The molecule has 2 aliphatic heterocycles. The number of hydrogen-bond acceptors (Lipinski definition) is 3. The lowest BCUT2D eigenvalue weighted by Crippen LogP contribution is -2.45. The summed E-state index contributed by atoms with van der Waals surface area (Å²) in [6, 6.07) is 0.764. The Labute approximate surface area is 117 Å². The molecule has 0 aromatic heterocycles. The van der Waals surface area contributed by atoms with Crippen LogP contribution in [-0.2, 0) is 0 Å². The number of piperidine rings is 1. The van der Waals surface area contributed by atoms with E-state index in [9.17, 15) is 0 Å². The Morgan fingerprint density at radius 3 is 2.94 bits per heavy atom. The minimum atomic E-state index is 0.764. The molecule has 0 radical (unpaired) electrons. The zero-order valence-corrected chi connectivity index (χ0v) is 13.1. The normalized spacial score (nSPS) is 36.5. The van der Waals surface area contributed by atoms with Crippen LogP contribution in [0, 0.1) is 11.8 Å². The molecule has 1 N–H and O–H groups in total. The van der Waals surface area contributed by atoms with Crippen LogP contribution in [-0.4, -0.2) is 48.1 Å². The third-order valence-electron chi connectivity index (χ3n) is 5.03. The number of nitrogens with zero attached hydrogens (tertiary/aromatic N) is 1. The van der Waals surface area contributed by atoms with Crippen molar-refractivity contribution in [2.45, 2.75) is 51.3 Å². The van der Waals surface area contributed by atoms with Gasteiger partial charge in [-0.1, -0.05) is 13.8 Å². The first-order chi connectivity index (χ1) is 8.68. The highest BCUT2D eigenvalue weighted by Crippen LogP contribution is 2.27. The summed E-state index contributed by atoms with van der Waals surface area (Å²) in [4.78, 5) is 2.72. The average Bonchev–Trinajstić information content (AvgIpc) is 2.41. The highest BCUT2D eigenvalue weighted by atomic mass is 32.2. The number of thioether (sulfide) groups is 1. The summed E-state index contributed by atoms with van der Waals surface area (Å²) in [6.45, 7) is 12.4. The van der Waals surface area contributed by atoms with E-state index in [1.807, 2.05) is 0 Å². The third-order valence-corrected chi connectivity index (χ3v) is 6.36. The molecule has 0 amide bonds. The van der Waals surface area contributed by atoms with Crippen molar-refractivity contribution in [3.63, 3.8) is 0 Å². The molecule has 4 unspecified atom stereocenters. The van der Waals surface area contributed by atoms with Crippen LogP contribution in [0.15, 0.2) is 0 Å². The van der Waals surface area contributed by atoms with Crippen molar-refractivity contribution in [1.82, 2.24) is 10.2 Å². The van der Waals surface area contributed by atoms with Crippen molar-refractivity contribution >= 4 is 11.8 Å². The SMILES string of the molecule is CC(CCN1CCSC(C)C1C)C1CCCNC1. The van der Waals surface area contributed by atoms with Crippen LogP contribution in [0.1, 0.15) is 40.0 Å². The van der Waals surface area contributed by atoms with Gasteiger partial charge in [-0.15, -0.1) is 0 Å². The fraction of sp³-hybridized carbons (Fsp3) is 1.00. The fourth-order valence-corrected chi connectivity index (χ4v) is 4.44. The molecule has 0 aliphatic carbocycles. The molecule has 4 atom stereocenters. The molecule has 0 aromatic rings. The smallest absolute Gasteiger partial charge is 0.0184 e. The second kappa shape index (κ2) is 7.16. The van der Waals surface area contributed by atoms with Crippen molar-refractivity contribution in [3.8, 4) is 0 Å². The van der Waals surface area contributed by atoms with Gasteiger partial charge in [0.2, 0.25) is 0 Å². The quantitative estimate of drug-likeness (QED) is 0.846. The van der Waals surface area contributed by atoms with Gasteiger partial charge in [-0.3, -0.25) is 4.90 Å². The van der Waals surface area contributed by atoms with Gasteiger partial charge in [-0.05, 0) is 57.7 Å². The maximum Gasteiger partial charge on any atom is 0.0184 e. The van der Waals surface area contributed by atoms with Crippen molar-refractivity contribution in [2.24, 2.45) is 11.8 Å². The lowest BCUT2D eigenvalue weighted by Gasteiger charge is -2.38. The monoisotopic (exact) mass is 270 g/mol. The van der Waals surface area contributed by atoms with E-state index in [0.29, 0.717) is 0 Å². The van der Waals surface area contributed by atoms with Gasteiger partial charge < -0.3 is 5.32 Å². The zero-order chi connectivity index (χ0) is 13.0. The molecule has 2 rings (SSSR count). The molecule has 2 heterocycles. The summed E-state index contributed by atoms with van der Waals surface area (Å²) in [7, 11) is 0. The van der Waals surface area contributed by atoms with Crippen molar-refractivity contribution < 1.29 is 0 Å². The van der Waals surface area contributed by atoms with Gasteiger partial charge in [-0.25, -0.2) is 0 Å². The van der Waals surface area contributed by atoms with Crippen LogP contribution >= 0.6 is 11.8 Å². The molecule has 2 fully saturated rings. The molecule has 2 saturated heterocycles. The van der Waals surface area contributed by atoms with E-state index in [1.165, 1.54) is 51.2 Å². The highest BCUT2D eigenvalue weighted by molar-refractivity contribution is 8.00. The number of nitrogens with one attached hydrogen (secondary N) is 1. The Kier molecular flexibility index (Phi) is 5.84. The molecule has 3 heteroatoms. The molecule has 2 aliphatic rings. The van der Waals surface area contributed by atoms with Gasteiger partial charge in [-0.2, -0.15) is 11.8 Å². The summed E-state index contributed by atoms with van der Waals surface area (Å²) >= 11 is 2.14. The molecular weight excluding hydrogens is 240 g/mol. The summed E-state index contributed by atoms with van der Waals surface area (Å²) in [6.07, 6.45) is 4.20. The van der Waals surface area contributed by atoms with Crippen LogP contribution in [0.5, 0.6) is 0 Å². The molecule has 18 heavy (non-hydrogen) atoms. The second-order valence-corrected chi connectivity index (χ2v) is 7.71. The van der Waals surface area contributed by atoms with E-state index in [2.05, 4.69) is 42.7 Å². The third kappa shape index (κ3) is 3.88. The molecule has 2 nitrogen and oxygen atoms in total. The predicted octanol–water partition coefficient (Wildman–Crippen LogP) is 2.84. The van der Waals surface area contributed by atoms with Gasteiger partial charge in [0.15, 0.2) is 0 Å². The first-order valence-corrected chi connectivity index (χ1v) is 8.79. The topological polar surface area (TPSA) is 15.3 Å². The summed E-state index contributed by atoms with van der Waals surface area (Å²) in [5, 5.41) is 4.36. The van der Waals surface area contributed by atoms with Crippen molar-refractivity contribution in [3.05, 3.63) is 0 Å². The second-order valence-electron chi connectivity index (χ2n) is 6.22. The van der Waals surface area contributed by atoms with Gasteiger partial charge in [0.1, 0.15) is 0 Å². The summed E-state index contributed by atoms with van der Waals surface area (Å²) in [5.41, 5.74) is 0. The Hall–Kier alpha value is 0.270. The van der Waals surface area contributed by atoms with Crippen molar-refractivity contribution in [1.29, 1.82) is 0 Å². The average molecular weight is 270 g/mol. The molecule has 0 spiro atoms. The zero-order valence-electron chi connectivity index (χ0n) is 12.3. The Morgan fingerprint density at radius 2 is 2.22 bits per heavy atom. The van der Waals surface area contributed by atoms with Gasteiger partial charge >= 0.3 is 0 Å².